The highest BCUT2D eigenvalue weighted by atomic mass is 19.4. The first-order chi connectivity index (χ1) is 12.8. The topological polar surface area (TPSA) is 53.4 Å². The van der Waals surface area contributed by atoms with Crippen LogP contribution >= 0.6 is 0 Å². The van der Waals surface area contributed by atoms with Crippen LogP contribution in [0.2, 0.25) is 0 Å². The van der Waals surface area contributed by atoms with Gasteiger partial charge in [-0.2, -0.15) is 13.2 Å². The van der Waals surface area contributed by atoms with E-state index in [-0.39, 0.29) is 23.3 Å². The lowest BCUT2D eigenvalue weighted by Gasteiger charge is -2.23. The van der Waals surface area contributed by atoms with Gasteiger partial charge in [-0.25, -0.2) is 9.78 Å². The number of alkyl halides is 3. The fourth-order valence-corrected chi connectivity index (χ4v) is 4.65. The molecule has 1 saturated carbocycles. The summed E-state index contributed by atoms with van der Waals surface area (Å²) in [7, 11) is 0. The van der Waals surface area contributed by atoms with Crippen LogP contribution in [-0.2, 0) is 6.18 Å². The molecule has 0 spiro atoms. The minimum absolute atomic E-state index is 0.109. The van der Waals surface area contributed by atoms with Crippen molar-refractivity contribution >= 4 is 11.8 Å². The molecule has 0 radical (unpaired) electrons. The number of anilines is 1. The van der Waals surface area contributed by atoms with Crippen molar-refractivity contribution in [3.05, 3.63) is 59.3 Å². The second-order valence-corrected chi connectivity index (χ2v) is 7.36. The molecule has 4 rings (SSSR count). The molecule has 0 bridgehead atoms. The number of fused-ring (bicyclic) bond motifs is 1. The number of benzene rings is 1. The molecule has 0 amide bonds. The molecule has 27 heavy (non-hydrogen) atoms. The van der Waals surface area contributed by atoms with Crippen molar-refractivity contribution < 1.29 is 23.1 Å². The number of carboxylic acids is 1. The van der Waals surface area contributed by atoms with Gasteiger partial charge >= 0.3 is 12.1 Å². The SMILES string of the molecule is O=C(O)c1cccnc1N1C[C@H]2CC(c3ccccc3C(F)(F)F)C[C@H]2C1. The first kappa shape index (κ1) is 17.8. The fourth-order valence-electron chi connectivity index (χ4n) is 4.65. The molecule has 1 saturated heterocycles. The molecule has 7 heteroatoms. The molecule has 1 N–H and O–H groups in total. The Bertz CT molecular complexity index is 854. The lowest BCUT2D eigenvalue weighted by atomic mass is 9.91. The second kappa shape index (κ2) is 6.55. The number of carboxylic acid groups (broad SMARTS) is 1. The van der Waals surface area contributed by atoms with Crippen LogP contribution in [0.3, 0.4) is 0 Å². The smallest absolute Gasteiger partial charge is 0.416 e. The van der Waals surface area contributed by atoms with Crippen molar-refractivity contribution in [2.45, 2.75) is 24.9 Å². The highest BCUT2D eigenvalue weighted by molar-refractivity contribution is 5.93. The van der Waals surface area contributed by atoms with Gasteiger partial charge in [0, 0.05) is 19.3 Å². The summed E-state index contributed by atoms with van der Waals surface area (Å²) in [4.78, 5) is 17.6. The third-order valence-corrected chi connectivity index (χ3v) is 5.77. The minimum Gasteiger partial charge on any atom is -0.478 e. The Morgan fingerprint density at radius 3 is 2.37 bits per heavy atom. The maximum Gasteiger partial charge on any atom is 0.416 e. The maximum atomic E-state index is 13.3. The predicted octanol–water partition coefficient (Wildman–Crippen LogP) is 4.43. The van der Waals surface area contributed by atoms with E-state index < -0.39 is 17.7 Å². The van der Waals surface area contributed by atoms with E-state index in [1.165, 1.54) is 12.1 Å². The second-order valence-electron chi connectivity index (χ2n) is 7.36. The average molecular weight is 376 g/mol. The molecule has 2 heterocycles. The molecule has 142 valence electrons. The van der Waals surface area contributed by atoms with Gasteiger partial charge in [0.2, 0.25) is 0 Å². The van der Waals surface area contributed by atoms with E-state index in [1.807, 2.05) is 4.90 Å². The summed E-state index contributed by atoms with van der Waals surface area (Å²) in [5.41, 5.74) is 0.0103. The Hall–Kier alpha value is -2.57. The fraction of sp³-hybridized carbons (Fsp3) is 0.400. The zero-order chi connectivity index (χ0) is 19.2. The van der Waals surface area contributed by atoms with Gasteiger partial charge in [-0.1, -0.05) is 18.2 Å². The van der Waals surface area contributed by atoms with Gasteiger partial charge < -0.3 is 10.0 Å². The van der Waals surface area contributed by atoms with Gasteiger partial charge in [0.15, 0.2) is 0 Å². The Morgan fingerprint density at radius 1 is 1.07 bits per heavy atom. The molecule has 3 atom stereocenters. The van der Waals surface area contributed by atoms with E-state index in [9.17, 15) is 23.1 Å². The lowest BCUT2D eigenvalue weighted by molar-refractivity contribution is -0.138. The molecule has 4 nitrogen and oxygen atoms in total. The van der Waals surface area contributed by atoms with E-state index in [0.29, 0.717) is 37.3 Å². The highest BCUT2D eigenvalue weighted by Crippen LogP contribution is 2.49. The van der Waals surface area contributed by atoms with Crippen LogP contribution in [0.25, 0.3) is 0 Å². The van der Waals surface area contributed by atoms with E-state index in [0.717, 1.165) is 6.07 Å². The monoisotopic (exact) mass is 376 g/mol. The van der Waals surface area contributed by atoms with Gasteiger partial charge in [0.1, 0.15) is 11.4 Å². The third-order valence-electron chi connectivity index (χ3n) is 5.77. The molecule has 1 aliphatic carbocycles. The summed E-state index contributed by atoms with van der Waals surface area (Å²) >= 11 is 0. The van der Waals surface area contributed by atoms with Crippen molar-refractivity contribution in [1.82, 2.24) is 4.98 Å². The number of aromatic nitrogens is 1. The van der Waals surface area contributed by atoms with Crippen molar-refractivity contribution in [2.75, 3.05) is 18.0 Å². The Kier molecular flexibility index (Phi) is 4.32. The summed E-state index contributed by atoms with van der Waals surface area (Å²) in [6, 6.07) is 8.96. The first-order valence-corrected chi connectivity index (χ1v) is 8.94. The number of hydrogen-bond donors (Lipinski definition) is 1. The number of rotatable bonds is 3. The number of pyridine rings is 1. The van der Waals surface area contributed by atoms with Crippen molar-refractivity contribution in [1.29, 1.82) is 0 Å². The molecule has 2 aromatic rings. The summed E-state index contributed by atoms with van der Waals surface area (Å²) in [6.07, 6.45) is -1.41. The number of hydrogen-bond acceptors (Lipinski definition) is 3. The van der Waals surface area contributed by atoms with Crippen molar-refractivity contribution in [2.24, 2.45) is 11.8 Å². The molecular weight excluding hydrogens is 357 g/mol. The molecule has 1 aromatic heterocycles. The lowest BCUT2D eigenvalue weighted by Crippen LogP contribution is -2.25. The van der Waals surface area contributed by atoms with Crippen LogP contribution in [-0.4, -0.2) is 29.1 Å². The number of carbonyl (C=O) groups is 1. The quantitative estimate of drug-likeness (QED) is 0.861. The molecule has 2 fully saturated rings. The van der Waals surface area contributed by atoms with Gasteiger partial charge in [0.05, 0.1) is 5.56 Å². The van der Waals surface area contributed by atoms with Crippen molar-refractivity contribution in [3.8, 4) is 0 Å². The average Bonchev–Trinajstić information content (AvgIpc) is 3.20. The standard InChI is InChI=1S/C20H19F3N2O2/c21-20(22,23)17-6-2-1-4-15(17)12-8-13-10-25(11-14(13)9-12)18-16(19(26)27)5-3-7-24-18/h1-7,12-14H,8-11H2,(H,26,27)/t12?,13-,14+. The maximum absolute atomic E-state index is 13.3. The Balaban J connectivity index is 1.53. The first-order valence-electron chi connectivity index (χ1n) is 8.94. The predicted molar refractivity (Wildman–Crippen MR) is 93.8 cm³/mol. The third kappa shape index (κ3) is 3.26. The van der Waals surface area contributed by atoms with Crippen LogP contribution in [0.15, 0.2) is 42.6 Å². The summed E-state index contributed by atoms with van der Waals surface area (Å²) in [5.74, 6) is -0.179. The van der Waals surface area contributed by atoms with Crippen LogP contribution in [0.4, 0.5) is 19.0 Å². The van der Waals surface area contributed by atoms with E-state index in [4.69, 9.17) is 0 Å². The Morgan fingerprint density at radius 2 is 1.74 bits per heavy atom. The van der Waals surface area contributed by atoms with E-state index in [2.05, 4.69) is 4.98 Å². The van der Waals surface area contributed by atoms with Gasteiger partial charge in [0.25, 0.3) is 0 Å². The zero-order valence-electron chi connectivity index (χ0n) is 14.5. The van der Waals surface area contributed by atoms with Gasteiger partial charge in [-0.3, -0.25) is 0 Å². The normalized spacial score (nSPS) is 24.9. The molecule has 2 aliphatic rings. The molecule has 1 aliphatic heterocycles. The van der Waals surface area contributed by atoms with E-state index >= 15 is 0 Å². The summed E-state index contributed by atoms with van der Waals surface area (Å²) < 4.78 is 40.0. The van der Waals surface area contributed by atoms with Gasteiger partial charge in [-0.05, 0) is 54.4 Å². The highest BCUT2D eigenvalue weighted by Gasteiger charge is 2.44. The summed E-state index contributed by atoms with van der Waals surface area (Å²) in [5, 5.41) is 9.35. The Labute approximate surface area is 154 Å². The van der Waals surface area contributed by atoms with Crippen LogP contribution in [0.1, 0.15) is 40.2 Å². The van der Waals surface area contributed by atoms with Crippen LogP contribution < -0.4 is 4.90 Å². The largest absolute Gasteiger partial charge is 0.478 e. The van der Waals surface area contributed by atoms with E-state index in [1.54, 1.807) is 24.4 Å². The van der Waals surface area contributed by atoms with Gasteiger partial charge in [-0.15, -0.1) is 0 Å². The number of aromatic carboxylic acids is 1. The minimum atomic E-state index is -4.34. The molecule has 1 aromatic carbocycles. The van der Waals surface area contributed by atoms with Crippen LogP contribution in [0, 0.1) is 11.8 Å². The number of nitrogens with zero attached hydrogens (tertiary/aromatic N) is 2. The van der Waals surface area contributed by atoms with Crippen molar-refractivity contribution in [3.63, 3.8) is 0 Å². The number of halogens is 3. The summed E-state index contributed by atoms with van der Waals surface area (Å²) in [6.45, 7) is 1.26. The zero-order valence-corrected chi connectivity index (χ0v) is 14.5. The van der Waals surface area contributed by atoms with Crippen LogP contribution in [0.5, 0.6) is 0 Å². The molecule has 1 unspecified atom stereocenters. The molecular formula is C20H19F3N2O2.